The minimum Gasteiger partial charge on any atom is -0.309 e. The Kier molecular flexibility index (Phi) is 7.04. The summed E-state index contributed by atoms with van der Waals surface area (Å²) in [5.74, 6) is 0.975. The van der Waals surface area contributed by atoms with E-state index in [1.54, 1.807) is 0 Å². The van der Waals surface area contributed by atoms with E-state index in [1.807, 2.05) is 30.5 Å². The molecular formula is C29H35FN8. The largest absolute Gasteiger partial charge is 0.309 e. The Labute approximate surface area is 222 Å². The van der Waals surface area contributed by atoms with Crippen LogP contribution in [-0.4, -0.2) is 67.2 Å². The Balaban J connectivity index is 1.16. The number of hydrogen-bond acceptors (Lipinski definition) is 7. The van der Waals surface area contributed by atoms with Gasteiger partial charge in [-0.05, 0) is 50.5 Å². The van der Waals surface area contributed by atoms with E-state index in [9.17, 15) is 4.39 Å². The molecule has 4 aromatic rings. The van der Waals surface area contributed by atoms with Crippen LogP contribution in [0.5, 0.6) is 0 Å². The number of fused-ring (bicyclic) bond motifs is 1. The standard InChI is InChI=1S/C29H35FN8/c1-19(2)38-13-11-37(12-14-38)18-20-7-10-26(31-16-20)33-29-32-17-24(30)28(34-29)22-8-9-25-23(15-22)27(36-35-25)21-5-3-4-6-21/h7-10,15-17,19,21H,3-6,11-14,18H2,1-2H3,(H,35,36)(H,31,32,33,34). The summed E-state index contributed by atoms with van der Waals surface area (Å²) in [7, 11) is 0. The lowest BCUT2D eigenvalue weighted by molar-refractivity contribution is 0.104. The first-order chi connectivity index (χ1) is 18.5. The number of piperazine rings is 1. The number of aromatic amines is 1. The fraction of sp³-hybridized carbons (Fsp3) is 0.448. The first-order valence-corrected chi connectivity index (χ1v) is 13.7. The number of nitrogens with zero attached hydrogens (tertiary/aromatic N) is 6. The second-order valence-electron chi connectivity index (χ2n) is 10.8. The zero-order valence-corrected chi connectivity index (χ0v) is 22.1. The molecule has 0 amide bonds. The highest BCUT2D eigenvalue weighted by molar-refractivity contribution is 5.86. The van der Waals surface area contributed by atoms with Crippen LogP contribution in [0, 0.1) is 5.82 Å². The third-order valence-electron chi connectivity index (χ3n) is 7.97. The van der Waals surface area contributed by atoms with Gasteiger partial charge in [-0.3, -0.25) is 14.9 Å². The van der Waals surface area contributed by atoms with E-state index >= 15 is 0 Å². The zero-order chi connectivity index (χ0) is 26.1. The molecule has 1 aliphatic heterocycles. The van der Waals surface area contributed by atoms with Crippen molar-refractivity contribution in [1.82, 2.24) is 34.9 Å². The molecule has 1 saturated heterocycles. The highest BCUT2D eigenvalue weighted by atomic mass is 19.1. The van der Waals surface area contributed by atoms with Gasteiger partial charge in [-0.15, -0.1) is 0 Å². The molecule has 3 aromatic heterocycles. The van der Waals surface area contributed by atoms with Crippen molar-refractivity contribution in [2.45, 2.75) is 58.0 Å². The molecule has 2 aliphatic rings. The van der Waals surface area contributed by atoms with Gasteiger partial charge in [-0.25, -0.2) is 19.3 Å². The molecule has 4 heterocycles. The van der Waals surface area contributed by atoms with Gasteiger partial charge in [0, 0.05) is 67.5 Å². The highest BCUT2D eigenvalue weighted by Gasteiger charge is 2.22. The second kappa shape index (κ2) is 10.7. The summed E-state index contributed by atoms with van der Waals surface area (Å²) in [4.78, 5) is 18.2. The Bertz CT molecular complexity index is 1390. The number of nitrogens with one attached hydrogen (secondary N) is 2. The first kappa shape index (κ1) is 24.9. The smallest absolute Gasteiger partial charge is 0.229 e. The van der Waals surface area contributed by atoms with Crippen molar-refractivity contribution in [2.75, 3.05) is 31.5 Å². The summed E-state index contributed by atoms with van der Waals surface area (Å²) < 4.78 is 14.9. The molecule has 1 saturated carbocycles. The summed E-state index contributed by atoms with van der Waals surface area (Å²) in [6.07, 6.45) is 7.91. The van der Waals surface area contributed by atoms with Crippen molar-refractivity contribution in [2.24, 2.45) is 0 Å². The number of benzene rings is 1. The van der Waals surface area contributed by atoms with E-state index in [2.05, 4.69) is 60.2 Å². The lowest BCUT2D eigenvalue weighted by Crippen LogP contribution is -2.48. The molecule has 0 atom stereocenters. The maximum absolute atomic E-state index is 14.9. The number of aromatic nitrogens is 5. The SMILES string of the molecule is CC(C)N1CCN(Cc2ccc(Nc3ncc(F)c(-c4ccc5n[nH]c(C6CCCC6)c5c4)n3)nc2)CC1. The average molecular weight is 515 g/mol. The minimum atomic E-state index is -0.457. The van der Waals surface area contributed by atoms with E-state index in [0.29, 0.717) is 29.3 Å². The van der Waals surface area contributed by atoms with E-state index in [4.69, 9.17) is 0 Å². The number of pyridine rings is 1. The summed E-state index contributed by atoms with van der Waals surface area (Å²) in [5.41, 5.74) is 4.19. The van der Waals surface area contributed by atoms with Crippen LogP contribution in [0.4, 0.5) is 16.2 Å². The molecule has 0 radical (unpaired) electrons. The topological polar surface area (TPSA) is 85.9 Å². The second-order valence-corrected chi connectivity index (χ2v) is 10.8. The van der Waals surface area contributed by atoms with Gasteiger partial charge in [-0.2, -0.15) is 5.10 Å². The molecular weight excluding hydrogens is 479 g/mol. The Morgan fingerprint density at radius 1 is 1.03 bits per heavy atom. The number of halogens is 1. The van der Waals surface area contributed by atoms with Crippen LogP contribution in [0.2, 0.25) is 0 Å². The van der Waals surface area contributed by atoms with Crippen LogP contribution in [0.15, 0.2) is 42.7 Å². The van der Waals surface area contributed by atoms with Crippen molar-refractivity contribution in [3.05, 3.63) is 59.8 Å². The van der Waals surface area contributed by atoms with Gasteiger partial charge in [-0.1, -0.05) is 25.0 Å². The van der Waals surface area contributed by atoms with Gasteiger partial charge in [0.25, 0.3) is 0 Å². The van der Waals surface area contributed by atoms with E-state index in [0.717, 1.165) is 62.2 Å². The predicted octanol–water partition coefficient (Wildman–Crippen LogP) is 5.48. The molecule has 0 unspecified atom stereocenters. The zero-order valence-electron chi connectivity index (χ0n) is 22.1. The van der Waals surface area contributed by atoms with Crippen molar-refractivity contribution >= 4 is 22.7 Å². The number of H-pyrrole nitrogens is 1. The molecule has 6 rings (SSSR count). The van der Waals surface area contributed by atoms with Crippen molar-refractivity contribution in [1.29, 1.82) is 0 Å². The Morgan fingerprint density at radius 2 is 1.84 bits per heavy atom. The molecule has 0 spiro atoms. The minimum absolute atomic E-state index is 0.264. The molecule has 2 fully saturated rings. The third-order valence-corrected chi connectivity index (χ3v) is 7.97. The molecule has 9 heteroatoms. The molecule has 2 N–H and O–H groups in total. The lowest BCUT2D eigenvalue weighted by atomic mass is 9.99. The van der Waals surface area contributed by atoms with Gasteiger partial charge in [0.1, 0.15) is 11.5 Å². The lowest BCUT2D eigenvalue weighted by Gasteiger charge is -2.36. The first-order valence-electron chi connectivity index (χ1n) is 13.7. The van der Waals surface area contributed by atoms with Crippen LogP contribution >= 0.6 is 0 Å². The van der Waals surface area contributed by atoms with Gasteiger partial charge in [0.05, 0.1) is 11.7 Å². The summed E-state index contributed by atoms with van der Waals surface area (Å²) in [5, 5.41) is 11.9. The normalized spacial score (nSPS) is 17.6. The monoisotopic (exact) mass is 514 g/mol. The molecule has 1 aromatic carbocycles. The molecule has 38 heavy (non-hydrogen) atoms. The van der Waals surface area contributed by atoms with Crippen LogP contribution in [0.3, 0.4) is 0 Å². The predicted molar refractivity (Wildman–Crippen MR) is 148 cm³/mol. The molecule has 0 bridgehead atoms. The summed E-state index contributed by atoms with van der Waals surface area (Å²) >= 11 is 0. The average Bonchev–Trinajstić information content (AvgIpc) is 3.61. The van der Waals surface area contributed by atoms with Crippen LogP contribution in [0.1, 0.15) is 56.7 Å². The van der Waals surface area contributed by atoms with Crippen LogP contribution in [0.25, 0.3) is 22.2 Å². The number of hydrogen-bond donors (Lipinski definition) is 2. The Hall–Kier alpha value is -3.43. The quantitative estimate of drug-likeness (QED) is 0.338. The molecule has 1 aliphatic carbocycles. The van der Waals surface area contributed by atoms with Crippen LogP contribution in [-0.2, 0) is 6.54 Å². The maximum atomic E-state index is 14.9. The number of rotatable bonds is 7. The van der Waals surface area contributed by atoms with Gasteiger partial charge >= 0.3 is 0 Å². The molecule has 198 valence electrons. The van der Waals surface area contributed by atoms with Crippen molar-refractivity contribution in [3.8, 4) is 11.3 Å². The summed E-state index contributed by atoms with van der Waals surface area (Å²) in [6.45, 7) is 9.73. The third kappa shape index (κ3) is 5.26. The van der Waals surface area contributed by atoms with Gasteiger partial charge < -0.3 is 5.32 Å². The number of anilines is 2. The van der Waals surface area contributed by atoms with E-state index < -0.39 is 5.82 Å². The van der Waals surface area contributed by atoms with Crippen molar-refractivity contribution in [3.63, 3.8) is 0 Å². The fourth-order valence-electron chi connectivity index (χ4n) is 5.74. The summed E-state index contributed by atoms with van der Waals surface area (Å²) in [6, 6.07) is 10.4. The van der Waals surface area contributed by atoms with Gasteiger partial charge in [0.15, 0.2) is 5.82 Å². The maximum Gasteiger partial charge on any atom is 0.229 e. The molecule has 8 nitrogen and oxygen atoms in total. The fourth-order valence-corrected chi connectivity index (χ4v) is 5.74. The highest BCUT2D eigenvalue weighted by Crippen LogP contribution is 2.37. The van der Waals surface area contributed by atoms with E-state index in [1.165, 1.54) is 24.6 Å². The van der Waals surface area contributed by atoms with Crippen LogP contribution < -0.4 is 5.32 Å². The van der Waals surface area contributed by atoms with Crippen molar-refractivity contribution < 1.29 is 4.39 Å². The Morgan fingerprint density at radius 3 is 2.58 bits per heavy atom. The van der Waals surface area contributed by atoms with Gasteiger partial charge in [0.2, 0.25) is 5.95 Å². The van der Waals surface area contributed by atoms with E-state index in [-0.39, 0.29) is 5.69 Å².